The first-order chi connectivity index (χ1) is 17.1. The molecule has 0 aromatic heterocycles. The minimum Gasteiger partial charge on any atom is -0.496 e. The van der Waals surface area contributed by atoms with Gasteiger partial charge < -0.3 is 14.9 Å². The third kappa shape index (κ3) is 6.21. The van der Waals surface area contributed by atoms with Gasteiger partial charge in [-0.15, -0.1) is 0 Å². The van der Waals surface area contributed by atoms with E-state index in [1.54, 1.807) is 12.1 Å². The van der Waals surface area contributed by atoms with Crippen molar-refractivity contribution in [3.8, 4) is 5.75 Å². The molecule has 0 bridgehead atoms. The van der Waals surface area contributed by atoms with Gasteiger partial charge in [-0.2, -0.15) is 10.6 Å². The number of carbonyl (C=O) groups is 2. The zero-order chi connectivity index (χ0) is 26.5. The molecule has 0 radical (unpaired) electrons. The lowest BCUT2D eigenvalue weighted by Crippen LogP contribution is -2.49. The fourth-order valence-electron chi connectivity index (χ4n) is 5.15. The van der Waals surface area contributed by atoms with Gasteiger partial charge in [-0.25, -0.2) is 0 Å². The Bertz CT molecular complexity index is 1060. The molecule has 0 saturated heterocycles. The number of methoxy groups -OCH3 is 1. The molecule has 198 valence electrons. The number of carboxylic acids is 2. The van der Waals surface area contributed by atoms with E-state index in [1.165, 1.54) is 7.11 Å². The van der Waals surface area contributed by atoms with Crippen LogP contribution in [0.3, 0.4) is 0 Å². The number of rotatable bonds is 11. The molecule has 0 spiro atoms. The van der Waals surface area contributed by atoms with Gasteiger partial charge in [0, 0.05) is 22.6 Å². The molecule has 2 unspecified atom stereocenters. The van der Waals surface area contributed by atoms with Gasteiger partial charge in [0.1, 0.15) is 5.75 Å². The largest absolute Gasteiger partial charge is 0.496 e. The van der Waals surface area contributed by atoms with E-state index in [4.69, 9.17) is 4.74 Å². The molecule has 0 fully saturated rings. The number of carboxylic acid groups (broad SMARTS) is 2. The Morgan fingerprint density at radius 2 is 1.75 bits per heavy atom. The van der Waals surface area contributed by atoms with Crippen molar-refractivity contribution in [2.24, 2.45) is 0 Å². The Kier molecular flexibility index (Phi) is 9.05. The number of aliphatic carboxylic acids is 2. The standard InChI is InChI=1S/C27H37NO7S/c1-4-6-12-27(5-2)17-36(33,34)23-16-20(19(13-24(29)30)14-25(31)32)22(35-3)15-21(23)26(28-27)18-10-8-7-9-11-18/h7-11,15-16,19,26,28,33-34H,4-6,12-14,17H2,1-3H3,(H,29,30)(H,31,32). The smallest absolute Gasteiger partial charge is 0.303 e. The Morgan fingerprint density at radius 3 is 2.28 bits per heavy atom. The third-order valence-corrected chi connectivity index (χ3v) is 9.07. The van der Waals surface area contributed by atoms with Gasteiger partial charge in [0.15, 0.2) is 0 Å². The second-order valence-corrected chi connectivity index (χ2v) is 11.6. The van der Waals surface area contributed by atoms with E-state index in [0.717, 1.165) is 24.8 Å². The van der Waals surface area contributed by atoms with Crippen LogP contribution in [0.2, 0.25) is 0 Å². The summed E-state index contributed by atoms with van der Waals surface area (Å²) >= 11 is 0. The summed E-state index contributed by atoms with van der Waals surface area (Å²) in [7, 11) is -1.87. The number of nitrogens with one attached hydrogen (secondary N) is 1. The van der Waals surface area contributed by atoms with Crippen LogP contribution in [0.15, 0.2) is 47.4 Å². The average molecular weight is 520 g/mol. The molecule has 5 N–H and O–H groups in total. The summed E-state index contributed by atoms with van der Waals surface area (Å²) in [4.78, 5) is 23.4. The molecular weight excluding hydrogens is 482 g/mol. The van der Waals surface area contributed by atoms with Crippen molar-refractivity contribution < 1.29 is 33.6 Å². The van der Waals surface area contributed by atoms with Crippen LogP contribution in [0.25, 0.3) is 0 Å². The Labute approximate surface area is 214 Å². The second kappa shape index (κ2) is 11.6. The highest BCUT2D eigenvalue weighted by Gasteiger charge is 2.42. The van der Waals surface area contributed by atoms with E-state index in [-0.39, 0.29) is 11.8 Å². The van der Waals surface area contributed by atoms with Crippen LogP contribution in [0, 0.1) is 0 Å². The predicted molar refractivity (Wildman–Crippen MR) is 140 cm³/mol. The molecule has 0 saturated carbocycles. The molecule has 1 aliphatic heterocycles. The lowest BCUT2D eigenvalue weighted by molar-refractivity contribution is -0.139. The summed E-state index contributed by atoms with van der Waals surface area (Å²) in [6.45, 7) is 4.14. The van der Waals surface area contributed by atoms with Crippen LogP contribution in [0.1, 0.15) is 81.0 Å². The first-order valence-electron chi connectivity index (χ1n) is 12.3. The van der Waals surface area contributed by atoms with Crippen molar-refractivity contribution in [3.63, 3.8) is 0 Å². The zero-order valence-electron chi connectivity index (χ0n) is 21.1. The topological polar surface area (TPSA) is 136 Å². The minimum atomic E-state index is -3.32. The summed E-state index contributed by atoms with van der Waals surface area (Å²) in [5, 5.41) is 22.7. The van der Waals surface area contributed by atoms with E-state index in [1.807, 2.05) is 37.3 Å². The molecule has 9 heteroatoms. The number of unbranched alkanes of at least 4 members (excludes halogenated alkanes) is 1. The van der Waals surface area contributed by atoms with Crippen molar-refractivity contribution >= 4 is 22.5 Å². The highest BCUT2D eigenvalue weighted by atomic mass is 32.3. The highest BCUT2D eigenvalue weighted by molar-refractivity contribution is 8.24. The first-order valence-corrected chi connectivity index (χ1v) is 14.0. The number of fused-ring (bicyclic) bond motifs is 1. The van der Waals surface area contributed by atoms with Crippen LogP contribution in [0.5, 0.6) is 5.75 Å². The summed E-state index contributed by atoms with van der Waals surface area (Å²) in [5.74, 6) is -2.73. The summed E-state index contributed by atoms with van der Waals surface area (Å²) in [6.07, 6.45) is 2.49. The quantitative estimate of drug-likeness (QED) is 0.249. The Morgan fingerprint density at radius 1 is 1.11 bits per heavy atom. The first kappa shape index (κ1) is 28.0. The van der Waals surface area contributed by atoms with Crippen molar-refractivity contribution in [1.82, 2.24) is 5.32 Å². The molecule has 36 heavy (non-hydrogen) atoms. The fourth-order valence-corrected chi connectivity index (χ4v) is 7.37. The number of hydrogen-bond acceptors (Lipinski definition) is 6. The Hall–Kier alpha value is -2.59. The number of benzene rings is 2. The third-order valence-electron chi connectivity index (χ3n) is 7.05. The summed E-state index contributed by atoms with van der Waals surface area (Å²) < 4.78 is 28.8. The number of ether oxygens (including phenoxy) is 1. The van der Waals surface area contributed by atoms with E-state index >= 15 is 0 Å². The maximum absolute atomic E-state index is 11.6. The summed E-state index contributed by atoms with van der Waals surface area (Å²) in [6, 6.07) is 12.7. The molecule has 2 aromatic rings. The molecule has 1 heterocycles. The maximum atomic E-state index is 11.6. The van der Waals surface area contributed by atoms with Crippen LogP contribution in [-0.4, -0.2) is 49.7 Å². The van der Waals surface area contributed by atoms with Crippen LogP contribution in [-0.2, 0) is 9.59 Å². The fraction of sp³-hybridized carbons (Fsp3) is 0.481. The van der Waals surface area contributed by atoms with Gasteiger partial charge >= 0.3 is 11.9 Å². The van der Waals surface area contributed by atoms with Gasteiger partial charge in [-0.05, 0) is 30.5 Å². The lowest BCUT2D eigenvalue weighted by Gasteiger charge is -2.42. The average Bonchev–Trinajstić information content (AvgIpc) is 2.93. The van der Waals surface area contributed by atoms with Gasteiger partial charge in [-0.1, -0.05) is 57.0 Å². The minimum absolute atomic E-state index is 0.112. The second-order valence-electron chi connectivity index (χ2n) is 9.56. The van der Waals surface area contributed by atoms with Crippen LogP contribution < -0.4 is 10.1 Å². The molecular formula is C27H37NO7S. The van der Waals surface area contributed by atoms with E-state index in [0.29, 0.717) is 28.2 Å². The van der Waals surface area contributed by atoms with Crippen molar-refractivity contribution in [2.45, 2.75) is 74.8 Å². The van der Waals surface area contributed by atoms with Gasteiger partial charge in [0.05, 0.1) is 36.6 Å². The molecule has 3 rings (SSSR count). The summed E-state index contributed by atoms with van der Waals surface area (Å²) in [5.41, 5.74) is 1.40. The Balaban J connectivity index is 2.28. The molecule has 8 nitrogen and oxygen atoms in total. The molecule has 0 amide bonds. The normalized spacial score (nSPS) is 21.9. The van der Waals surface area contributed by atoms with Gasteiger partial charge in [0.25, 0.3) is 0 Å². The van der Waals surface area contributed by atoms with Gasteiger partial charge in [-0.3, -0.25) is 24.0 Å². The van der Waals surface area contributed by atoms with Crippen molar-refractivity contribution in [2.75, 3.05) is 12.9 Å². The van der Waals surface area contributed by atoms with E-state index in [2.05, 4.69) is 12.2 Å². The number of hydrogen-bond donors (Lipinski definition) is 5. The predicted octanol–water partition coefficient (Wildman–Crippen LogP) is 5.87. The molecule has 2 atom stereocenters. The zero-order valence-corrected chi connectivity index (χ0v) is 21.9. The van der Waals surface area contributed by atoms with E-state index < -0.39 is 46.8 Å². The van der Waals surface area contributed by atoms with Crippen molar-refractivity contribution in [1.29, 1.82) is 0 Å². The molecule has 0 aliphatic carbocycles. The SMILES string of the molecule is CCCCC1(CC)CS(O)(O)c2cc(C(CC(=O)O)CC(=O)O)c(OC)cc2C(c2ccccc2)N1. The van der Waals surface area contributed by atoms with Crippen molar-refractivity contribution in [3.05, 3.63) is 59.2 Å². The monoisotopic (exact) mass is 519 g/mol. The van der Waals surface area contributed by atoms with Crippen LogP contribution in [0.4, 0.5) is 0 Å². The maximum Gasteiger partial charge on any atom is 0.303 e. The van der Waals surface area contributed by atoms with Crippen LogP contribution >= 0.6 is 10.6 Å². The van der Waals surface area contributed by atoms with E-state index in [9.17, 15) is 28.9 Å². The van der Waals surface area contributed by atoms with Gasteiger partial charge in [0.2, 0.25) is 0 Å². The molecule has 1 aliphatic rings. The molecule has 2 aromatic carbocycles. The highest BCUT2D eigenvalue weighted by Crippen LogP contribution is 2.58. The lowest BCUT2D eigenvalue weighted by atomic mass is 9.86.